The van der Waals surface area contributed by atoms with Gasteiger partial charge in [0.25, 0.3) is 0 Å². The van der Waals surface area contributed by atoms with Crippen molar-refractivity contribution in [3.63, 3.8) is 0 Å². The van der Waals surface area contributed by atoms with Crippen LogP contribution in [-0.4, -0.2) is 11.9 Å². The Kier molecular flexibility index (Phi) is 5.46. The lowest BCUT2D eigenvalue weighted by molar-refractivity contribution is -0.131. The molecule has 30 heavy (non-hydrogen) atoms. The maximum Gasteiger partial charge on any atom is 0.308 e. The number of anilines is 1. The van der Waals surface area contributed by atoms with Crippen LogP contribution in [0, 0.1) is 0 Å². The molecule has 150 valence electrons. The predicted molar refractivity (Wildman–Crippen MR) is 120 cm³/mol. The van der Waals surface area contributed by atoms with Gasteiger partial charge in [-0.2, -0.15) is 0 Å². The highest BCUT2D eigenvalue weighted by Crippen LogP contribution is 2.56. The van der Waals surface area contributed by atoms with Gasteiger partial charge < -0.3 is 4.74 Å². The number of nitrogens with zero attached hydrogens (tertiary/aromatic N) is 1. The average molecular weight is 416 g/mol. The minimum absolute atomic E-state index is 0.0470. The van der Waals surface area contributed by atoms with E-state index in [1.165, 1.54) is 6.92 Å². The zero-order valence-electron chi connectivity index (χ0n) is 16.7. The van der Waals surface area contributed by atoms with Gasteiger partial charge in [0, 0.05) is 18.7 Å². The molecule has 1 heterocycles. The van der Waals surface area contributed by atoms with Crippen molar-refractivity contribution in [3.05, 3.63) is 96.1 Å². The number of esters is 1. The molecule has 4 rings (SSSR count). The van der Waals surface area contributed by atoms with E-state index in [0.29, 0.717) is 5.75 Å². The minimum atomic E-state index is -0.750. The predicted octanol–water partition coefficient (Wildman–Crippen LogP) is 5.64. The summed E-state index contributed by atoms with van der Waals surface area (Å²) in [6, 6.07) is 25.2. The van der Waals surface area contributed by atoms with Gasteiger partial charge in [-0.25, -0.2) is 0 Å². The molecule has 0 radical (unpaired) electrons. The number of hydrogen-bond acceptors (Lipinski definition) is 4. The second-order valence-electron chi connectivity index (χ2n) is 6.98. The topological polar surface area (TPSA) is 46.6 Å². The molecule has 0 N–H and O–H groups in total. The molecule has 1 unspecified atom stereocenters. The first-order valence-corrected chi connectivity index (χ1v) is 10.4. The van der Waals surface area contributed by atoms with Crippen LogP contribution in [0.5, 0.6) is 5.75 Å². The van der Waals surface area contributed by atoms with E-state index >= 15 is 0 Å². The van der Waals surface area contributed by atoms with Crippen LogP contribution in [0.2, 0.25) is 0 Å². The Morgan fingerprint density at radius 1 is 0.900 bits per heavy atom. The fourth-order valence-electron chi connectivity index (χ4n) is 3.62. The van der Waals surface area contributed by atoms with Crippen LogP contribution in [-0.2, 0) is 14.5 Å². The number of amides is 1. The molecule has 4 nitrogen and oxygen atoms in total. The van der Waals surface area contributed by atoms with Gasteiger partial charge in [-0.1, -0.05) is 72.4 Å². The molecule has 1 amide bonds. The van der Waals surface area contributed by atoms with Crippen molar-refractivity contribution >= 4 is 35.4 Å². The van der Waals surface area contributed by atoms with Crippen molar-refractivity contribution in [2.75, 3.05) is 4.90 Å². The summed E-state index contributed by atoms with van der Waals surface area (Å²) in [6.07, 6.45) is 4.10. The smallest absolute Gasteiger partial charge is 0.308 e. The van der Waals surface area contributed by atoms with Crippen molar-refractivity contribution < 1.29 is 14.3 Å². The van der Waals surface area contributed by atoms with E-state index in [4.69, 9.17) is 4.74 Å². The van der Waals surface area contributed by atoms with Crippen LogP contribution in [0.3, 0.4) is 0 Å². The number of carbonyl (C=O) groups excluding carboxylic acids is 2. The molecule has 3 aromatic carbocycles. The van der Waals surface area contributed by atoms with Crippen LogP contribution in [0.15, 0.2) is 89.8 Å². The lowest BCUT2D eigenvalue weighted by atomic mass is 10.0. The van der Waals surface area contributed by atoms with Crippen LogP contribution in [0.1, 0.15) is 25.0 Å². The third-order valence-corrected chi connectivity index (χ3v) is 6.28. The molecule has 3 aromatic rings. The third kappa shape index (κ3) is 3.76. The second-order valence-corrected chi connectivity index (χ2v) is 8.25. The number of thioether (sulfide) groups is 1. The maximum atomic E-state index is 12.8. The molecule has 0 saturated carbocycles. The Morgan fingerprint density at radius 3 is 2.23 bits per heavy atom. The first kappa shape index (κ1) is 20.0. The first-order chi connectivity index (χ1) is 14.5. The fourth-order valence-corrected chi connectivity index (χ4v) is 5.07. The van der Waals surface area contributed by atoms with Gasteiger partial charge in [0.1, 0.15) is 10.6 Å². The highest BCUT2D eigenvalue weighted by Gasteiger charge is 2.46. The lowest BCUT2D eigenvalue weighted by Crippen LogP contribution is -2.42. The van der Waals surface area contributed by atoms with E-state index < -0.39 is 4.87 Å². The number of rotatable bonds is 4. The highest BCUT2D eigenvalue weighted by atomic mass is 32.2. The monoisotopic (exact) mass is 415 g/mol. The summed E-state index contributed by atoms with van der Waals surface area (Å²) in [7, 11) is 0. The van der Waals surface area contributed by atoms with Crippen LogP contribution >= 0.6 is 11.8 Å². The summed E-state index contributed by atoms with van der Waals surface area (Å²) in [6.45, 7) is 2.96. The average Bonchev–Trinajstić information content (AvgIpc) is 3.08. The Bertz CT molecular complexity index is 1110. The highest BCUT2D eigenvalue weighted by molar-refractivity contribution is 8.01. The summed E-state index contributed by atoms with van der Waals surface area (Å²) >= 11 is 1.62. The molecule has 0 saturated heterocycles. The van der Waals surface area contributed by atoms with E-state index in [1.54, 1.807) is 30.8 Å². The molecule has 0 fully saturated rings. The van der Waals surface area contributed by atoms with Crippen molar-refractivity contribution in [1.29, 1.82) is 0 Å². The first-order valence-electron chi connectivity index (χ1n) is 9.62. The lowest BCUT2D eigenvalue weighted by Gasteiger charge is -2.35. The van der Waals surface area contributed by atoms with E-state index in [9.17, 15) is 9.59 Å². The SMILES string of the molecule is CC(=O)Oc1ccc(C2(/C=C/c3ccccc3)Sc3ccccc3N2C(C)=O)cc1. The summed E-state index contributed by atoms with van der Waals surface area (Å²) in [5, 5.41) is 0. The molecule has 1 aliphatic heterocycles. The Morgan fingerprint density at radius 2 is 1.57 bits per heavy atom. The molecular weight excluding hydrogens is 394 g/mol. The van der Waals surface area contributed by atoms with Gasteiger partial charge >= 0.3 is 5.97 Å². The number of ether oxygens (including phenoxy) is 1. The van der Waals surface area contributed by atoms with Gasteiger partial charge in [0.2, 0.25) is 5.91 Å². The van der Waals surface area contributed by atoms with Crippen LogP contribution < -0.4 is 9.64 Å². The van der Waals surface area contributed by atoms with Gasteiger partial charge in [-0.05, 0) is 41.5 Å². The number of hydrogen-bond donors (Lipinski definition) is 0. The maximum absolute atomic E-state index is 12.8. The zero-order valence-corrected chi connectivity index (χ0v) is 17.6. The summed E-state index contributed by atoms with van der Waals surface area (Å²) in [5.74, 6) is 0.0620. The number of benzene rings is 3. The van der Waals surface area contributed by atoms with Crippen molar-refractivity contribution in [3.8, 4) is 5.75 Å². The van der Waals surface area contributed by atoms with Gasteiger partial charge in [-0.15, -0.1) is 0 Å². The third-order valence-electron chi connectivity index (χ3n) is 4.85. The Hall–Kier alpha value is -3.31. The minimum Gasteiger partial charge on any atom is -0.427 e. The van der Waals surface area contributed by atoms with Gasteiger partial charge in [-0.3, -0.25) is 14.5 Å². The van der Waals surface area contributed by atoms with Crippen molar-refractivity contribution in [2.24, 2.45) is 0 Å². The summed E-state index contributed by atoms with van der Waals surface area (Å²) in [5.41, 5.74) is 2.85. The molecule has 1 atom stereocenters. The van der Waals surface area contributed by atoms with E-state index in [0.717, 1.165) is 21.7 Å². The Labute approximate surface area is 180 Å². The summed E-state index contributed by atoms with van der Waals surface area (Å²) < 4.78 is 5.19. The van der Waals surface area contributed by atoms with E-state index in [1.807, 2.05) is 77.7 Å². The van der Waals surface area contributed by atoms with E-state index in [-0.39, 0.29) is 11.9 Å². The standard InChI is InChI=1S/C25H21NO3S/c1-18(27)26-23-10-6-7-11-24(23)30-25(26,17-16-20-8-4-3-5-9-20)21-12-14-22(15-13-21)29-19(2)28/h3-17H,1-2H3/b17-16+. The quantitative estimate of drug-likeness (QED) is 0.409. The molecule has 1 aliphatic rings. The number of fused-ring (bicyclic) bond motifs is 1. The normalized spacial score (nSPS) is 17.7. The van der Waals surface area contributed by atoms with Gasteiger partial charge in [0.05, 0.1) is 5.69 Å². The van der Waals surface area contributed by atoms with Crippen LogP contribution in [0.25, 0.3) is 6.08 Å². The molecule has 0 aliphatic carbocycles. The van der Waals surface area contributed by atoms with E-state index in [2.05, 4.69) is 6.08 Å². The number of para-hydroxylation sites is 1. The van der Waals surface area contributed by atoms with Gasteiger partial charge in [0.15, 0.2) is 0 Å². The molecular formula is C25H21NO3S. The molecule has 0 spiro atoms. The molecule has 0 bridgehead atoms. The molecule has 0 aromatic heterocycles. The number of carbonyl (C=O) groups is 2. The van der Waals surface area contributed by atoms with Crippen LogP contribution in [0.4, 0.5) is 5.69 Å². The second kappa shape index (κ2) is 8.20. The largest absolute Gasteiger partial charge is 0.427 e. The van der Waals surface area contributed by atoms with Crippen molar-refractivity contribution in [2.45, 2.75) is 23.6 Å². The molecule has 5 heteroatoms. The van der Waals surface area contributed by atoms with Crippen molar-refractivity contribution in [1.82, 2.24) is 0 Å². The zero-order chi connectivity index (χ0) is 21.1. The Balaban J connectivity index is 1.84. The summed E-state index contributed by atoms with van der Waals surface area (Å²) in [4.78, 5) is 26.2. The fraction of sp³-hybridized carbons (Fsp3) is 0.120.